The molecule has 2 aromatic carbocycles. The van der Waals surface area contributed by atoms with Crippen LogP contribution in [-0.2, 0) is 20.5 Å². The van der Waals surface area contributed by atoms with Crippen LogP contribution in [0.1, 0.15) is 35.2 Å². The minimum Gasteiger partial charge on any atom is -0.379 e. The van der Waals surface area contributed by atoms with E-state index in [2.05, 4.69) is 22.1 Å². The molecule has 0 aromatic heterocycles. The van der Waals surface area contributed by atoms with E-state index in [0.717, 1.165) is 25.7 Å². The molecule has 3 heterocycles. The number of rotatable bonds is 10. The van der Waals surface area contributed by atoms with Crippen molar-refractivity contribution in [1.82, 2.24) is 25.3 Å². The molecule has 2 N–H and O–H groups in total. The molecule has 9 nitrogen and oxygen atoms in total. The maximum Gasteiger partial charge on any atom is 0.416 e. The van der Waals surface area contributed by atoms with E-state index in [0.29, 0.717) is 31.7 Å². The van der Waals surface area contributed by atoms with E-state index >= 15 is 0 Å². The maximum atomic E-state index is 14.2. The summed E-state index contributed by atoms with van der Waals surface area (Å²) in [6.45, 7) is 7.73. The molecule has 3 aliphatic heterocycles. The molecule has 1 fully saturated rings. The summed E-state index contributed by atoms with van der Waals surface area (Å²) in [5, 5.41) is 5.55. The van der Waals surface area contributed by atoms with Gasteiger partial charge in [0.1, 0.15) is 6.04 Å². The quantitative estimate of drug-likeness (QED) is 0.322. The number of hydrogen-bond donors (Lipinski definition) is 2. The fourth-order valence-corrected chi connectivity index (χ4v) is 5.83. The fourth-order valence-electron chi connectivity index (χ4n) is 5.83. The Morgan fingerprint density at radius 1 is 1.09 bits per heavy atom. The number of nitrogens with zero attached hydrogens (tertiary/aromatic N) is 3. The number of carbonyl (C=O) groups is 3. The number of morpholine rings is 1. The standard InChI is InChI=1S/C31H34F3N5O4/c1-2-14-38-24-20-39(29(41)25(24)26(36-30(38)42)22-11-6-7-12-23(22)31(32,33)34)27(21-9-4-3-5-10-21)28(40)35-13-8-15-37-16-18-43-19-17-37/h2-7,9-12,26-27H,1,8,13-20H2,(H,35,40)(H,36,42). The molecule has 2 atom stereocenters. The van der Waals surface area contributed by atoms with Crippen molar-refractivity contribution in [2.75, 3.05) is 52.5 Å². The van der Waals surface area contributed by atoms with E-state index in [1.165, 1.54) is 34.1 Å². The summed E-state index contributed by atoms with van der Waals surface area (Å²) in [6.07, 6.45) is -2.55. The van der Waals surface area contributed by atoms with E-state index in [9.17, 15) is 27.6 Å². The fraction of sp³-hybridized carbons (Fsp3) is 0.387. The van der Waals surface area contributed by atoms with Crippen molar-refractivity contribution in [3.63, 3.8) is 0 Å². The molecule has 228 valence electrons. The first-order chi connectivity index (χ1) is 20.7. The van der Waals surface area contributed by atoms with Gasteiger partial charge in [-0.1, -0.05) is 54.6 Å². The van der Waals surface area contributed by atoms with Gasteiger partial charge in [0.25, 0.3) is 5.91 Å². The zero-order valence-electron chi connectivity index (χ0n) is 23.6. The minimum atomic E-state index is -4.71. The third-order valence-corrected chi connectivity index (χ3v) is 7.87. The Hall–Kier alpha value is -4.16. The lowest BCUT2D eigenvalue weighted by molar-refractivity contribution is -0.138. The summed E-state index contributed by atoms with van der Waals surface area (Å²) >= 11 is 0. The predicted molar refractivity (Wildman–Crippen MR) is 152 cm³/mol. The van der Waals surface area contributed by atoms with Gasteiger partial charge in [0.2, 0.25) is 5.91 Å². The number of hydrogen-bond acceptors (Lipinski definition) is 5. The molecule has 1 saturated heterocycles. The molecular weight excluding hydrogens is 563 g/mol. The Morgan fingerprint density at radius 2 is 1.79 bits per heavy atom. The molecule has 0 spiro atoms. The maximum absolute atomic E-state index is 14.2. The predicted octanol–water partition coefficient (Wildman–Crippen LogP) is 3.63. The number of urea groups is 1. The molecular formula is C31H34F3N5O4. The smallest absolute Gasteiger partial charge is 0.379 e. The topological polar surface area (TPSA) is 94.2 Å². The number of nitrogens with one attached hydrogen (secondary N) is 2. The van der Waals surface area contributed by atoms with Gasteiger partial charge in [-0.2, -0.15) is 13.2 Å². The lowest BCUT2D eigenvalue weighted by Gasteiger charge is -2.33. The number of alkyl halides is 3. The number of ether oxygens (including phenoxy) is 1. The number of carbonyl (C=O) groups excluding carboxylic acids is 3. The van der Waals surface area contributed by atoms with Gasteiger partial charge in [0.05, 0.1) is 42.6 Å². The zero-order valence-corrected chi connectivity index (χ0v) is 23.6. The third kappa shape index (κ3) is 6.45. The zero-order chi connectivity index (χ0) is 30.6. The molecule has 43 heavy (non-hydrogen) atoms. The van der Waals surface area contributed by atoms with Crippen LogP contribution in [-0.4, -0.2) is 85.0 Å². The molecule has 4 amide bonds. The van der Waals surface area contributed by atoms with Crippen LogP contribution in [0.3, 0.4) is 0 Å². The van der Waals surface area contributed by atoms with Crippen LogP contribution in [0.5, 0.6) is 0 Å². The molecule has 3 aliphatic rings. The van der Waals surface area contributed by atoms with E-state index in [4.69, 9.17) is 4.74 Å². The molecule has 0 bridgehead atoms. The van der Waals surface area contributed by atoms with Gasteiger partial charge < -0.3 is 20.3 Å². The first kappa shape index (κ1) is 30.3. The van der Waals surface area contributed by atoms with Crippen molar-refractivity contribution in [3.8, 4) is 0 Å². The van der Waals surface area contributed by atoms with Gasteiger partial charge >= 0.3 is 12.2 Å². The summed E-state index contributed by atoms with van der Waals surface area (Å²) in [5.74, 6) is -1.04. The van der Waals surface area contributed by atoms with Crippen LogP contribution in [0, 0.1) is 0 Å². The van der Waals surface area contributed by atoms with Crippen molar-refractivity contribution in [1.29, 1.82) is 0 Å². The van der Waals surface area contributed by atoms with Crippen LogP contribution < -0.4 is 10.6 Å². The van der Waals surface area contributed by atoms with Gasteiger partial charge in [-0.05, 0) is 30.2 Å². The average molecular weight is 598 g/mol. The Labute approximate surface area is 247 Å². The summed E-state index contributed by atoms with van der Waals surface area (Å²) < 4.78 is 47.5. The summed E-state index contributed by atoms with van der Waals surface area (Å²) in [5.41, 5.74) is -0.402. The summed E-state index contributed by atoms with van der Waals surface area (Å²) in [4.78, 5) is 46.0. The van der Waals surface area contributed by atoms with E-state index in [1.54, 1.807) is 30.3 Å². The highest BCUT2D eigenvalue weighted by Gasteiger charge is 2.49. The van der Waals surface area contributed by atoms with Crippen molar-refractivity contribution in [3.05, 3.63) is 95.2 Å². The Morgan fingerprint density at radius 3 is 2.49 bits per heavy atom. The Balaban J connectivity index is 1.45. The molecule has 0 radical (unpaired) electrons. The van der Waals surface area contributed by atoms with Crippen molar-refractivity contribution in [2.24, 2.45) is 0 Å². The lowest BCUT2D eigenvalue weighted by atomic mass is 9.91. The lowest BCUT2D eigenvalue weighted by Crippen LogP contribution is -2.47. The van der Waals surface area contributed by atoms with Gasteiger partial charge in [0, 0.05) is 26.2 Å². The second-order valence-corrected chi connectivity index (χ2v) is 10.6. The largest absolute Gasteiger partial charge is 0.416 e. The van der Waals surface area contributed by atoms with Crippen LogP contribution >= 0.6 is 0 Å². The SMILES string of the molecule is C=CCN1C(=O)NC(c2ccccc2C(F)(F)F)C2=C1CN(C(C(=O)NCCCN1CCOCC1)c1ccccc1)C2=O. The van der Waals surface area contributed by atoms with Crippen LogP contribution in [0.4, 0.5) is 18.0 Å². The number of benzene rings is 2. The highest BCUT2D eigenvalue weighted by molar-refractivity contribution is 6.04. The monoisotopic (exact) mass is 597 g/mol. The molecule has 5 rings (SSSR count). The van der Waals surface area contributed by atoms with Crippen LogP contribution in [0.15, 0.2) is 78.5 Å². The molecule has 0 aliphatic carbocycles. The third-order valence-electron chi connectivity index (χ3n) is 7.87. The van der Waals surface area contributed by atoms with E-state index in [-0.39, 0.29) is 29.9 Å². The molecule has 12 heteroatoms. The highest BCUT2D eigenvalue weighted by Crippen LogP contribution is 2.43. The summed E-state index contributed by atoms with van der Waals surface area (Å²) in [6, 6.07) is 10.5. The van der Waals surface area contributed by atoms with Crippen molar-refractivity contribution < 1.29 is 32.3 Å². The van der Waals surface area contributed by atoms with Gasteiger partial charge in [-0.25, -0.2) is 4.79 Å². The first-order valence-corrected chi connectivity index (χ1v) is 14.2. The number of halogens is 3. The Kier molecular flexibility index (Phi) is 9.16. The normalized spacial score (nSPS) is 20.1. The minimum absolute atomic E-state index is 0.000742. The van der Waals surface area contributed by atoms with Crippen molar-refractivity contribution in [2.45, 2.75) is 24.7 Å². The van der Waals surface area contributed by atoms with Gasteiger partial charge in [-0.3, -0.25) is 19.4 Å². The summed E-state index contributed by atoms with van der Waals surface area (Å²) in [7, 11) is 0. The van der Waals surface area contributed by atoms with Gasteiger partial charge in [0.15, 0.2) is 0 Å². The van der Waals surface area contributed by atoms with E-state index in [1.807, 2.05) is 0 Å². The van der Waals surface area contributed by atoms with Gasteiger partial charge in [-0.15, -0.1) is 6.58 Å². The molecule has 2 unspecified atom stereocenters. The average Bonchev–Trinajstić information content (AvgIpc) is 3.33. The van der Waals surface area contributed by atoms with Crippen molar-refractivity contribution >= 4 is 17.8 Å². The molecule has 2 aromatic rings. The Bertz CT molecular complexity index is 1390. The molecule has 0 saturated carbocycles. The first-order valence-electron chi connectivity index (χ1n) is 14.2. The van der Waals surface area contributed by atoms with Crippen LogP contribution in [0.2, 0.25) is 0 Å². The van der Waals surface area contributed by atoms with E-state index < -0.39 is 41.7 Å². The second kappa shape index (κ2) is 13.0. The second-order valence-electron chi connectivity index (χ2n) is 10.6. The number of amides is 4. The van der Waals surface area contributed by atoms with Crippen LogP contribution in [0.25, 0.3) is 0 Å². The highest BCUT2D eigenvalue weighted by atomic mass is 19.4.